The second kappa shape index (κ2) is 4.29. The van der Waals surface area contributed by atoms with Gasteiger partial charge in [0, 0.05) is 5.69 Å². The highest BCUT2D eigenvalue weighted by Crippen LogP contribution is 2.18. The van der Waals surface area contributed by atoms with Gasteiger partial charge in [-0.25, -0.2) is 9.02 Å². The molecule has 1 aromatic heterocycles. The van der Waals surface area contributed by atoms with E-state index in [4.69, 9.17) is 13.6 Å². The third-order valence-electron chi connectivity index (χ3n) is 2.09. The molecule has 3 N–H and O–H groups in total. The quantitative estimate of drug-likeness (QED) is 0.757. The number of benzene rings is 1. The Morgan fingerprint density at radius 2 is 2.24 bits per heavy atom. The average Bonchev–Trinajstić information content (AvgIpc) is 2.70. The molecule has 2 aromatic rings. The maximum Gasteiger partial charge on any atom is 0.197 e. The average molecular weight is 230 g/mol. The fourth-order valence-electron chi connectivity index (χ4n) is 1.26. The zero-order valence-electron chi connectivity index (χ0n) is 8.77. The summed E-state index contributed by atoms with van der Waals surface area (Å²) in [6.45, 7) is 3.72. The fraction of sp³-hybridized carbons (Fsp3) is 0. The molecule has 0 saturated heterocycles. The molecule has 17 heavy (non-hydrogen) atoms. The van der Waals surface area contributed by atoms with Gasteiger partial charge in [-0.1, -0.05) is 12.0 Å². The van der Waals surface area contributed by atoms with Crippen molar-refractivity contribution in [3.63, 3.8) is 0 Å². The minimum atomic E-state index is -0.483. The molecule has 0 bridgehead atoms. The number of nitrogens with one attached hydrogen (secondary N) is 1. The van der Waals surface area contributed by atoms with Crippen molar-refractivity contribution in [1.29, 1.82) is 0 Å². The van der Waals surface area contributed by atoms with E-state index in [1.54, 1.807) is 0 Å². The van der Waals surface area contributed by atoms with Gasteiger partial charge in [0.25, 0.3) is 0 Å². The van der Waals surface area contributed by atoms with E-state index >= 15 is 0 Å². The minimum Gasteiger partial charge on any atom is -0.379 e. The van der Waals surface area contributed by atoms with Gasteiger partial charge in [-0.2, -0.15) is 0 Å². The molecule has 0 saturated carbocycles. The van der Waals surface area contributed by atoms with E-state index in [9.17, 15) is 4.39 Å². The molecule has 7 heteroatoms. The Morgan fingerprint density at radius 1 is 1.47 bits per heavy atom. The van der Waals surface area contributed by atoms with Crippen molar-refractivity contribution >= 4 is 30.5 Å². The zero-order chi connectivity index (χ0) is 12.4. The molecule has 0 aliphatic rings. The van der Waals surface area contributed by atoms with E-state index < -0.39 is 5.82 Å². The normalized spacial score (nSPS) is 10.2. The van der Waals surface area contributed by atoms with Crippen LogP contribution in [0, 0.1) is 5.82 Å². The predicted octanol–water partition coefficient (Wildman–Crippen LogP) is 0.667. The van der Waals surface area contributed by atoms with E-state index in [-0.39, 0.29) is 11.3 Å². The maximum absolute atomic E-state index is 12.9. The SMILES string of the molecule is [B]c1cc(NC(=C)c2nonc2N)ccc1F. The minimum absolute atomic E-state index is 0.0362. The molecule has 0 atom stereocenters. The highest BCUT2D eigenvalue weighted by atomic mass is 19.1. The predicted molar refractivity (Wildman–Crippen MR) is 63.2 cm³/mol. The summed E-state index contributed by atoms with van der Waals surface area (Å²) in [7, 11) is 5.43. The second-order valence-electron chi connectivity index (χ2n) is 3.34. The molecule has 0 amide bonds. The lowest BCUT2D eigenvalue weighted by Crippen LogP contribution is -2.10. The van der Waals surface area contributed by atoms with Gasteiger partial charge in [0.15, 0.2) is 11.5 Å². The molecular formula is C10H8BFN4O. The van der Waals surface area contributed by atoms with Crippen LogP contribution in [-0.2, 0) is 0 Å². The first kappa shape index (κ1) is 11.2. The summed E-state index contributed by atoms with van der Waals surface area (Å²) in [6, 6.07) is 4.19. The van der Waals surface area contributed by atoms with Gasteiger partial charge < -0.3 is 11.1 Å². The van der Waals surface area contributed by atoms with Crippen LogP contribution in [0.2, 0.25) is 0 Å². The summed E-state index contributed by atoms with van der Waals surface area (Å²) >= 11 is 0. The molecule has 5 nitrogen and oxygen atoms in total. The number of hydrogen-bond donors (Lipinski definition) is 2. The number of nitrogens with two attached hydrogens (primary N) is 1. The van der Waals surface area contributed by atoms with Crippen molar-refractivity contribution < 1.29 is 9.02 Å². The summed E-state index contributed by atoms with van der Waals surface area (Å²) < 4.78 is 17.4. The lowest BCUT2D eigenvalue weighted by Gasteiger charge is -2.08. The zero-order valence-corrected chi connectivity index (χ0v) is 8.77. The van der Waals surface area contributed by atoms with Gasteiger partial charge in [0.2, 0.25) is 0 Å². The van der Waals surface area contributed by atoms with Crippen molar-refractivity contribution in [2.24, 2.45) is 0 Å². The van der Waals surface area contributed by atoms with Gasteiger partial charge in [-0.3, -0.25) is 0 Å². The Bertz CT molecular complexity index is 569. The van der Waals surface area contributed by atoms with Crippen molar-refractivity contribution in [3.8, 4) is 0 Å². The maximum atomic E-state index is 12.9. The molecule has 0 unspecified atom stereocenters. The summed E-state index contributed by atoms with van der Waals surface area (Å²) in [5, 5.41) is 9.86. The van der Waals surface area contributed by atoms with Crippen LogP contribution >= 0.6 is 0 Å². The van der Waals surface area contributed by atoms with E-state index in [1.807, 2.05) is 0 Å². The summed E-state index contributed by atoms with van der Waals surface area (Å²) in [5.41, 5.74) is 6.78. The summed E-state index contributed by atoms with van der Waals surface area (Å²) in [4.78, 5) is 0. The highest BCUT2D eigenvalue weighted by molar-refractivity contribution is 6.32. The molecule has 2 rings (SSSR count). The number of halogens is 1. The monoisotopic (exact) mass is 230 g/mol. The number of hydrogen-bond acceptors (Lipinski definition) is 5. The van der Waals surface area contributed by atoms with Crippen LogP contribution in [0.1, 0.15) is 5.69 Å². The van der Waals surface area contributed by atoms with Gasteiger partial charge in [0.1, 0.15) is 13.7 Å². The van der Waals surface area contributed by atoms with Gasteiger partial charge in [-0.05, 0) is 28.5 Å². The number of rotatable bonds is 3. The standard InChI is InChI=1S/C10H8BFN4O/c1-5(9-10(13)16-17-15-9)14-6-2-3-8(12)7(11)4-6/h2-4,14H,1H2,(H2,13,16). The van der Waals surface area contributed by atoms with Crippen molar-refractivity contribution in [2.45, 2.75) is 0 Å². The third-order valence-corrected chi connectivity index (χ3v) is 2.09. The van der Waals surface area contributed by atoms with Gasteiger partial charge >= 0.3 is 0 Å². The van der Waals surface area contributed by atoms with Crippen LogP contribution in [-0.4, -0.2) is 18.2 Å². The van der Waals surface area contributed by atoms with Crippen LogP contribution in [0.4, 0.5) is 15.9 Å². The molecule has 0 aliphatic carbocycles. The molecule has 0 aliphatic heterocycles. The Kier molecular flexibility index (Phi) is 2.82. The fourth-order valence-corrected chi connectivity index (χ4v) is 1.26. The Balaban J connectivity index is 2.19. The lowest BCUT2D eigenvalue weighted by atomic mass is 9.95. The number of nitrogen functional groups attached to an aromatic ring is 1. The number of nitrogens with zero attached hydrogens (tertiary/aromatic N) is 2. The lowest BCUT2D eigenvalue weighted by molar-refractivity contribution is 0.308. The van der Waals surface area contributed by atoms with Gasteiger partial charge in [0.05, 0.1) is 5.70 Å². The number of anilines is 2. The Labute approximate surface area is 97.9 Å². The van der Waals surface area contributed by atoms with Crippen molar-refractivity contribution in [3.05, 3.63) is 36.3 Å². The Morgan fingerprint density at radius 3 is 2.82 bits per heavy atom. The molecular weight excluding hydrogens is 222 g/mol. The van der Waals surface area contributed by atoms with Crippen LogP contribution < -0.4 is 16.5 Å². The number of aromatic nitrogens is 2. The van der Waals surface area contributed by atoms with Crippen LogP contribution in [0.15, 0.2) is 29.4 Å². The van der Waals surface area contributed by atoms with Crippen LogP contribution in [0.3, 0.4) is 0 Å². The van der Waals surface area contributed by atoms with Crippen LogP contribution in [0.5, 0.6) is 0 Å². The molecule has 2 radical (unpaired) electrons. The van der Waals surface area contributed by atoms with Crippen molar-refractivity contribution in [1.82, 2.24) is 10.3 Å². The van der Waals surface area contributed by atoms with Gasteiger partial charge in [-0.15, -0.1) is 0 Å². The van der Waals surface area contributed by atoms with Crippen LogP contribution in [0.25, 0.3) is 5.70 Å². The smallest absolute Gasteiger partial charge is 0.197 e. The van der Waals surface area contributed by atoms with E-state index in [2.05, 4.69) is 26.8 Å². The Hall–Kier alpha value is -2.31. The largest absolute Gasteiger partial charge is 0.379 e. The first-order valence-corrected chi connectivity index (χ1v) is 4.67. The van der Waals surface area contributed by atoms with E-state index in [1.165, 1.54) is 18.2 Å². The highest BCUT2D eigenvalue weighted by Gasteiger charge is 2.10. The van der Waals surface area contributed by atoms with E-state index in [0.717, 1.165) is 0 Å². The second-order valence-corrected chi connectivity index (χ2v) is 3.34. The molecule has 1 heterocycles. The molecule has 0 fully saturated rings. The molecule has 84 valence electrons. The molecule has 1 aromatic carbocycles. The first-order valence-electron chi connectivity index (χ1n) is 4.67. The third kappa shape index (κ3) is 2.27. The summed E-state index contributed by atoms with van der Waals surface area (Å²) in [5.74, 6) is -0.360. The van der Waals surface area contributed by atoms with E-state index in [0.29, 0.717) is 17.1 Å². The summed E-state index contributed by atoms with van der Waals surface area (Å²) in [6.07, 6.45) is 0. The van der Waals surface area contributed by atoms with Crippen molar-refractivity contribution in [2.75, 3.05) is 11.1 Å². The molecule has 0 spiro atoms. The first-order chi connectivity index (χ1) is 8.08. The topological polar surface area (TPSA) is 77.0 Å².